The van der Waals surface area contributed by atoms with Crippen LogP contribution in [-0.2, 0) is 17.4 Å². The minimum atomic E-state index is -4.35. The van der Waals surface area contributed by atoms with Crippen molar-refractivity contribution in [1.29, 1.82) is 0 Å². The summed E-state index contributed by atoms with van der Waals surface area (Å²) in [6.45, 7) is 0.231. The zero-order chi connectivity index (χ0) is 23.0. The van der Waals surface area contributed by atoms with Crippen LogP contribution >= 0.6 is 0 Å². The first-order valence-corrected chi connectivity index (χ1v) is 9.85. The zero-order valence-corrected chi connectivity index (χ0v) is 17.0. The van der Waals surface area contributed by atoms with Gasteiger partial charge in [0.05, 0.1) is 5.56 Å². The number of alkyl halides is 3. The molecular weight excluding hydrogens is 421 g/mol. The highest BCUT2D eigenvalue weighted by Gasteiger charge is 2.29. The molecule has 3 aromatic carbocycles. The highest BCUT2D eigenvalue weighted by atomic mass is 19.4. The van der Waals surface area contributed by atoms with Crippen LogP contribution in [0.15, 0.2) is 78.9 Å². The van der Waals surface area contributed by atoms with Crippen LogP contribution in [0.25, 0.3) is 6.08 Å². The van der Waals surface area contributed by atoms with E-state index in [2.05, 4.69) is 0 Å². The molecule has 0 atom stereocenters. The SMILES string of the molecule is O=C(O)CCc1cccc(Oc2cccc(OC/C=C/c3ccc(C(F)(F)F)cc3)c2)c1. The predicted octanol–water partition coefficient (Wildman–Crippen LogP) is 6.61. The highest BCUT2D eigenvalue weighted by molar-refractivity contribution is 5.67. The fourth-order valence-electron chi connectivity index (χ4n) is 2.89. The summed E-state index contributed by atoms with van der Waals surface area (Å²) in [6.07, 6.45) is -0.489. The quantitative estimate of drug-likeness (QED) is 0.405. The molecule has 0 aliphatic rings. The first kappa shape index (κ1) is 22.9. The van der Waals surface area contributed by atoms with Crippen molar-refractivity contribution in [3.63, 3.8) is 0 Å². The lowest BCUT2D eigenvalue weighted by Gasteiger charge is -2.09. The van der Waals surface area contributed by atoms with Crippen molar-refractivity contribution in [2.75, 3.05) is 6.61 Å². The molecule has 4 nitrogen and oxygen atoms in total. The summed E-state index contributed by atoms with van der Waals surface area (Å²) in [5.74, 6) is 0.868. The Morgan fingerprint density at radius 1 is 0.906 bits per heavy atom. The van der Waals surface area contributed by atoms with Crippen LogP contribution in [0.1, 0.15) is 23.1 Å². The van der Waals surface area contributed by atoms with Gasteiger partial charge >= 0.3 is 12.1 Å². The summed E-state index contributed by atoms with van der Waals surface area (Å²) in [7, 11) is 0. The Bertz CT molecular complexity index is 1070. The lowest BCUT2D eigenvalue weighted by molar-refractivity contribution is -0.138. The third-order valence-corrected chi connectivity index (χ3v) is 4.46. The Kier molecular flexibility index (Phi) is 7.54. The molecule has 7 heteroatoms. The molecule has 0 unspecified atom stereocenters. The standard InChI is InChI=1S/C25H21F3O4/c26-25(27,28)20-12-9-18(10-13-20)5-3-15-31-21-6-2-8-23(17-21)32-22-7-1-4-19(16-22)11-14-24(29)30/h1-10,12-13,16-17H,11,14-15H2,(H,29,30)/b5-3+. The van der Waals surface area contributed by atoms with E-state index in [9.17, 15) is 18.0 Å². The summed E-state index contributed by atoms with van der Waals surface area (Å²) >= 11 is 0. The molecular formula is C25H21F3O4. The van der Waals surface area contributed by atoms with E-state index in [1.807, 2.05) is 6.07 Å². The van der Waals surface area contributed by atoms with Gasteiger partial charge in [0.25, 0.3) is 0 Å². The maximum absolute atomic E-state index is 12.6. The van der Waals surface area contributed by atoms with Gasteiger partial charge in [0.15, 0.2) is 0 Å². The molecule has 0 bridgehead atoms. The minimum absolute atomic E-state index is 0.0484. The van der Waals surface area contributed by atoms with E-state index in [-0.39, 0.29) is 13.0 Å². The van der Waals surface area contributed by atoms with E-state index in [4.69, 9.17) is 14.6 Å². The lowest BCUT2D eigenvalue weighted by Crippen LogP contribution is -2.03. The van der Waals surface area contributed by atoms with Crippen molar-refractivity contribution < 1.29 is 32.5 Å². The Labute approximate surface area is 183 Å². The van der Waals surface area contributed by atoms with Crippen LogP contribution in [0.3, 0.4) is 0 Å². The second-order valence-electron chi connectivity index (χ2n) is 6.95. The number of rotatable bonds is 9. The van der Waals surface area contributed by atoms with Crippen molar-refractivity contribution in [2.24, 2.45) is 0 Å². The first-order valence-electron chi connectivity index (χ1n) is 9.85. The van der Waals surface area contributed by atoms with Gasteiger partial charge in [0, 0.05) is 12.5 Å². The number of hydrogen-bond donors (Lipinski definition) is 1. The van der Waals surface area contributed by atoms with Crippen LogP contribution in [0, 0.1) is 0 Å². The van der Waals surface area contributed by atoms with Crippen molar-refractivity contribution in [3.8, 4) is 17.2 Å². The molecule has 0 aliphatic carbocycles. The Morgan fingerprint density at radius 3 is 2.25 bits per heavy atom. The molecule has 0 saturated heterocycles. The Morgan fingerprint density at radius 2 is 1.56 bits per heavy atom. The molecule has 0 amide bonds. The van der Waals surface area contributed by atoms with Gasteiger partial charge in [-0.1, -0.05) is 36.4 Å². The Hall–Kier alpha value is -3.74. The van der Waals surface area contributed by atoms with Gasteiger partial charge in [0.2, 0.25) is 0 Å². The van der Waals surface area contributed by atoms with Crippen LogP contribution < -0.4 is 9.47 Å². The molecule has 0 heterocycles. The summed E-state index contributed by atoms with van der Waals surface area (Å²) in [5, 5.41) is 8.81. The number of benzene rings is 3. The van der Waals surface area contributed by atoms with E-state index < -0.39 is 17.7 Å². The van der Waals surface area contributed by atoms with Gasteiger partial charge in [0.1, 0.15) is 23.9 Å². The molecule has 166 valence electrons. The second-order valence-corrected chi connectivity index (χ2v) is 6.95. The number of ether oxygens (including phenoxy) is 2. The van der Waals surface area contributed by atoms with Gasteiger partial charge in [-0.2, -0.15) is 13.2 Å². The van der Waals surface area contributed by atoms with E-state index >= 15 is 0 Å². The van der Waals surface area contributed by atoms with Gasteiger partial charge in [-0.3, -0.25) is 4.79 Å². The van der Waals surface area contributed by atoms with Crippen molar-refractivity contribution in [1.82, 2.24) is 0 Å². The van der Waals surface area contributed by atoms with Crippen LogP contribution in [0.5, 0.6) is 17.2 Å². The molecule has 3 aromatic rings. The van der Waals surface area contributed by atoms with Crippen molar-refractivity contribution in [3.05, 3.63) is 95.6 Å². The number of hydrogen-bond acceptors (Lipinski definition) is 3. The van der Waals surface area contributed by atoms with Gasteiger partial charge < -0.3 is 14.6 Å². The van der Waals surface area contributed by atoms with E-state index in [1.54, 1.807) is 54.6 Å². The normalized spacial score (nSPS) is 11.5. The highest BCUT2D eigenvalue weighted by Crippen LogP contribution is 2.29. The number of aliphatic carboxylic acids is 1. The monoisotopic (exact) mass is 442 g/mol. The number of carboxylic acid groups (broad SMARTS) is 1. The zero-order valence-electron chi connectivity index (χ0n) is 17.0. The van der Waals surface area contributed by atoms with Gasteiger partial charge in [-0.15, -0.1) is 0 Å². The molecule has 0 spiro atoms. The average Bonchev–Trinajstić information content (AvgIpc) is 2.76. The maximum Gasteiger partial charge on any atom is 0.416 e. The third kappa shape index (κ3) is 7.19. The van der Waals surface area contributed by atoms with E-state index in [0.717, 1.165) is 17.7 Å². The molecule has 0 radical (unpaired) electrons. The molecule has 1 N–H and O–H groups in total. The smallest absolute Gasteiger partial charge is 0.416 e. The fourth-order valence-corrected chi connectivity index (χ4v) is 2.89. The number of halogens is 3. The predicted molar refractivity (Wildman–Crippen MR) is 115 cm³/mol. The lowest BCUT2D eigenvalue weighted by atomic mass is 10.1. The van der Waals surface area contributed by atoms with Gasteiger partial charge in [-0.25, -0.2) is 0 Å². The minimum Gasteiger partial charge on any atom is -0.489 e. The summed E-state index contributed by atoms with van der Waals surface area (Å²) in [5.41, 5.74) is 0.822. The van der Waals surface area contributed by atoms with E-state index in [0.29, 0.717) is 29.2 Å². The van der Waals surface area contributed by atoms with E-state index in [1.165, 1.54) is 12.1 Å². The van der Waals surface area contributed by atoms with Crippen LogP contribution in [0.4, 0.5) is 13.2 Å². The molecule has 0 aliphatic heterocycles. The fraction of sp³-hybridized carbons (Fsp3) is 0.160. The summed E-state index contributed by atoms with van der Waals surface area (Å²) in [6, 6.07) is 19.1. The van der Waals surface area contributed by atoms with Crippen molar-refractivity contribution >= 4 is 12.0 Å². The third-order valence-electron chi connectivity index (χ3n) is 4.46. The number of carbonyl (C=O) groups is 1. The molecule has 32 heavy (non-hydrogen) atoms. The largest absolute Gasteiger partial charge is 0.489 e. The molecule has 0 aromatic heterocycles. The number of aryl methyl sites for hydroxylation is 1. The average molecular weight is 442 g/mol. The Balaban J connectivity index is 1.54. The van der Waals surface area contributed by atoms with Crippen LogP contribution in [-0.4, -0.2) is 17.7 Å². The van der Waals surface area contributed by atoms with Crippen molar-refractivity contribution in [2.45, 2.75) is 19.0 Å². The maximum atomic E-state index is 12.6. The summed E-state index contributed by atoms with van der Waals surface area (Å²) in [4.78, 5) is 10.7. The molecule has 3 rings (SSSR count). The topological polar surface area (TPSA) is 55.8 Å². The van der Waals surface area contributed by atoms with Gasteiger partial charge in [-0.05, 0) is 60.0 Å². The molecule has 0 saturated carbocycles. The molecule has 0 fully saturated rings. The number of carboxylic acids is 1. The van der Waals surface area contributed by atoms with Crippen LogP contribution in [0.2, 0.25) is 0 Å². The first-order chi connectivity index (χ1) is 15.3. The summed E-state index contributed by atoms with van der Waals surface area (Å²) < 4.78 is 49.3. The second kappa shape index (κ2) is 10.5.